The first-order valence-corrected chi connectivity index (χ1v) is 11.0. The van der Waals surface area contributed by atoms with Gasteiger partial charge in [0.2, 0.25) is 0 Å². The first kappa shape index (κ1) is 19.2. The summed E-state index contributed by atoms with van der Waals surface area (Å²) in [4.78, 5) is 7.26. The fourth-order valence-electron chi connectivity index (χ4n) is 4.68. The normalized spacial score (nSPS) is 17.2. The van der Waals surface area contributed by atoms with Crippen LogP contribution in [0.15, 0.2) is 60.9 Å². The lowest BCUT2D eigenvalue weighted by atomic mass is 9.90. The SMILES string of the molecule is CCCCC(CCN1CCC(n2cnc3ccccc32)CC1)c1ccccc1. The van der Waals surface area contributed by atoms with Crippen LogP contribution in [0.5, 0.6) is 0 Å². The van der Waals surface area contributed by atoms with Crippen molar-refractivity contribution in [2.24, 2.45) is 0 Å². The van der Waals surface area contributed by atoms with Gasteiger partial charge in [0, 0.05) is 19.1 Å². The van der Waals surface area contributed by atoms with E-state index in [9.17, 15) is 0 Å². The molecule has 1 fully saturated rings. The van der Waals surface area contributed by atoms with Gasteiger partial charge in [0.15, 0.2) is 0 Å². The molecule has 2 heterocycles. The van der Waals surface area contributed by atoms with Gasteiger partial charge in [-0.1, -0.05) is 62.2 Å². The summed E-state index contributed by atoms with van der Waals surface area (Å²) in [5.74, 6) is 0.705. The van der Waals surface area contributed by atoms with Crippen molar-refractivity contribution in [1.29, 1.82) is 0 Å². The van der Waals surface area contributed by atoms with Crippen LogP contribution in [0, 0.1) is 0 Å². The van der Waals surface area contributed by atoms with Crippen molar-refractivity contribution >= 4 is 11.0 Å². The number of piperidine rings is 1. The van der Waals surface area contributed by atoms with Crippen LogP contribution in [0.1, 0.15) is 63.0 Å². The van der Waals surface area contributed by atoms with E-state index in [0.29, 0.717) is 12.0 Å². The predicted molar refractivity (Wildman–Crippen MR) is 118 cm³/mol. The molecule has 1 aliphatic rings. The summed E-state index contributed by atoms with van der Waals surface area (Å²) in [5, 5.41) is 0. The average molecular weight is 376 g/mol. The topological polar surface area (TPSA) is 21.1 Å². The van der Waals surface area contributed by atoms with E-state index in [1.807, 2.05) is 6.33 Å². The number of hydrogen-bond acceptors (Lipinski definition) is 2. The van der Waals surface area contributed by atoms with Crippen molar-refractivity contribution in [3.63, 3.8) is 0 Å². The number of nitrogens with zero attached hydrogens (tertiary/aromatic N) is 3. The fraction of sp³-hybridized carbons (Fsp3) is 0.480. The van der Waals surface area contributed by atoms with Gasteiger partial charge >= 0.3 is 0 Å². The molecule has 0 bridgehead atoms. The number of fused-ring (bicyclic) bond motifs is 1. The summed E-state index contributed by atoms with van der Waals surface area (Å²) in [7, 11) is 0. The maximum Gasteiger partial charge on any atom is 0.0960 e. The molecule has 1 aromatic heterocycles. The number of imidazole rings is 1. The lowest BCUT2D eigenvalue weighted by molar-refractivity contribution is 0.182. The predicted octanol–water partition coefficient (Wildman–Crippen LogP) is 6.04. The average Bonchev–Trinajstić information content (AvgIpc) is 3.19. The van der Waals surface area contributed by atoms with Crippen LogP contribution in [0.3, 0.4) is 0 Å². The van der Waals surface area contributed by atoms with E-state index in [-0.39, 0.29) is 0 Å². The Bertz CT molecular complexity index is 846. The van der Waals surface area contributed by atoms with Crippen LogP contribution in [0.4, 0.5) is 0 Å². The van der Waals surface area contributed by atoms with Gasteiger partial charge in [0.05, 0.1) is 17.4 Å². The summed E-state index contributed by atoms with van der Waals surface area (Å²) in [6.45, 7) is 5.92. The quantitative estimate of drug-likeness (QED) is 0.479. The summed E-state index contributed by atoms with van der Waals surface area (Å²) in [6.07, 6.45) is 9.71. The smallest absolute Gasteiger partial charge is 0.0960 e. The van der Waals surface area contributed by atoms with Crippen molar-refractivity contribution in [3.8, 4) is 0 Å². The Kier molecular flexibility index (Phi) is 6.43. The number of hydrogen-bond donors (Lipinski definition) is 0. The van der Waals surface area contributed by atoms with Gasteiger partial charge in [0.25, 0.3) is 0 Å². The molecule has 0 N–H and O–H groups in total. The monoisotopic (exact) mass is 375 g/mol. The standard InChI is InChI=1S/C25H33N3/c1-2-3-9-22(21-10-5-4-6-11-21)14-17-27-18-15-23(16-19-27)28-20-26-24-12-7-8-13-25(24)28/h4-8,10-13,20,22-23H,2-3,9,14-19H2,1H3. The third-order valence-corrected chi connectivity index (χ3v) is 6.40. The van der Waals surface area contributed by atoms with E-state index < -0.39 is 0 Å². The zero-order valence-corrected chi connectivity index (χ0v) is 17.1. The van der Waals surface area contributed by atoms with Crippen LogP contribution in [0.25, 0.3) is 11.0 Å². The molecule has 0 amide bonds. The second kappa shape index (κ2) is 9.38. The second-order valence-corrected chi connectivity index (χ2v) is 8.25. The maximum atomic E-state index is 4.58. The first-order valence-electron chi connectivity index (χ1n) is 11.0. The highest BCUT2D eigenvalue weighted by atomic mass is 15.2. The third-order valence-electron chi connectivity index (χ3n) is 6.40. The molecular weight excluding hydrogens is 342 g/mol. The number of unbranched alkanes of at least 4 members (excludes halogenated alkanes) is 1. The molecule has 3 aromatic rings. The molecule has 1 saturated heterocycles. The molecule has 0 saturated carbocycles. The van der Waals surface area contributed by atoms with E-state index in [0.717, 1.165) is 5.52 Å². The largest absolute Gasteiger partial charge is 0.327 e. The molecular formula is C25H33N3. The van der Waals surface area contributed by atoms with E-state index in [2.05, 4.69) is 76.0 Å². The van der Waals surface area contributed by atoms with Gasteiger partial charge in [-0.2, -0.15) is 0 Å². The molecule has 2 aromatic carbocycles. The van der Waals surface area contributed by atoms with Gasteiger partial charge in [0.1, 0.15) is 0 Å². The Morgan fingerprint density at radius 3 is 2.50 bits per heavy atom. The summed E-state index contributed by atoms with van der Waals surface area (Å²) in [5.41, 5.74) is 3.92. The highest BCUT2D eigenvalue weighted by Crippen LogP contribution is 2.29. The highest BCUT2D eigenvalue weighted by molar-refractivity contribution is 5.75. The van der Waals surface area contributed by atoms with Gasteiger partial charge in [-0.05, 0) is 55.8 Å². The molecule has 0 aliphatic carbocycles. The molecule has 4 rings (SSSR count). The van der Waals surface area contributed by atoms with Gasteiger partial charge in [-0.15, -0.1) is 0 Å². The Hall–Kier alpha value is -2.13. The van der Waals surface area contributed by atoms with E-state index in [1.165, 1.54) is 69.2 Å². The van der Waals surface area contributed by atoms with Crippen LogP contribution >= 0.6 is 0 Å². The van der Waals surface area contributed by atoms with E-state index >= 15 is 0 Å². The number of likely N-dealkylation sites (tertiary alicyclic amines) is 1. The summed E-state index contributed by atoms with van der Waals surface area (Å²) in [6, 6.07) is 20.2. The van der Waals surface area contributed by atoms with E-state index in [1.54, 1.807) is 0 Å². The summed E-state index contributed by atoms with van der Waals surface area (Å²) >= 11 is 0. The Labute approximate surface area is 169 Å². The molecule has 1 unspecified atom stereocenters. The minimum absolute atomic E-state index is 0.591. The zero-order chi connectivity index (χ0) is 19.2. The van der Waals surface area contributed by atoms with E-state index in [4.69, 9.17) is 0 Å². The van der Waals surface area contributed by atoms with Gasteiger partial charge in [-0.3, -0.25) is 0 Å². The first-order chi connectivity index (χ1) is 13.8. The molecule has 3 nitrogen and oxygen atoms in total. The Morgan fingerprint density at radius 1 is 0.964 bits per heavy atom. The fourth-order valence-corrected chi connectivity index (χ4v) is 4.68. The Morgan fingerprint density at radius 2 is 1.71 bits per heavy atom. The second-order valence-electron chi connectivity index (χ2n) is 8.25. The molecule has 0 spiro atoms. The van der Waals surface area contributed by atoms with Crippen molar-refractivity contribution in [2.45, 2.75) is 57.4 Å². The molecule has 1 atom stereocenters. The van der Waals surface area contributed by atoms with Crippen LogP contribution in [-0.4, -0.2) is 34.1 Å². The van der Waals surface area contributed by atoms with Gasteiger partial charge in [-0.25, -0.2) is 4.98 Å². The number of benzene rings is 2. The molecule has 28 heavy (non-hydrogen) atoms. The molecule has 3 heteroatoms. The van der Waals surface area contributed by atoms with Crippen molar-refractivity contribution < 1.29 is 0 Å². The van der Waals surface area contributed by atoms with Crippen LogP contribution < -0.4 is 0 Å². The lowest BCUT2D eigenvalue weighted by Crippen LogP contribution is -2.35. The lowest BCUT2D eigenvalue weighted by Gasteiger charge is -2.33. The Balaban J connectivity index is 1.32. The number of aromatic nitrogens is 2. The number of rotatable bonds is 8. The van der Waals surface area contributed by atoms with Crippen LogP contribution in [-0.2, 0) is 0 Å². The minimum atomic E-state index is 0.591. The number of para-hydroxylation sites is 2. The highest BCUT2D eigenvalue weighted by Gasteiger charge is 2.22. The van der Waals surface area contributed by atoms with Crippen molar-refractivity contribution in [2.75, 3.05) is 19.6 Å². The van der Waals surface area contributed by atoms with Crippen molar-refractivity contribution in [3.05, 3.63) is 66.5 Å². The van der Waals surface area contributed by atoms with Crippen LogP contribution in [0.2, 0.25) is 0 Å². The maximum absolute atomic E-state index is 4.58. The zero-order valence-electron chi connectivity index (χ0n) is 17.1. The molecule has 148 valence electrons. The van der Waals surface area contributed by atoms with Gasteiger partial charge < -0.3 is 9.47 Å². The molecule has 0 radical (unpaired) electrons. The minimum Gasteiger partial charge on any atom is -0.327 e. The summed E-state index contributed by atoms with van der Waals surface area (Å²) < 4.78 is 2.40. The third kappa shape index (κ3) is 4.47. The molecule has 1 aliphatic heterocycles. The van der Waals surface area contributed by atoms with Crippen molar-refractivity contribution in [1.82, 2.24) is 14.5 Å².